The number of hydrogen-bond donors (Lipinski definition) is 1. The molecule has 2 bridgehead atoms. The van der Waals surface area contributed by atoms with Crippen LogP contribution in [0.1, 0.15) is 13.8 Å². The SMILES string of the molecule is CC1C2C(C)N1C=CN2N. The van der Waals surface area contributed by atoms with Crippen molar-refractivity contribution in [3.8, 4) is 0 Å². The average Bonchev–Trinajstić information content (AvgIpc) is 1.88. The van der Waals surface area contributed by atoms with Crippen molar-refractivity contribution < 1.29 is 0 Å². The van der Waals surface area contributed by atoms with Crippen LogP contribution >= 0.6 is 0 Å². The summed E-state index contributed by atoms with van der Waals surface area (Å²) in [4.78, 5) is 2.33. The van der Waals surface area contributed by atoms with Crippen LogP contribution in [0.3, 0.4) is 0 Å². The molecule has 3 heterocycles. The molecule has 0 amide bonds. The molecule has 0 aromatic heterocycles. The fraction of sp³-hybridized carbons (Fsp3) is 0.714. The van der Waals surface area contributed by atoms with Gasteiger partial charge < -0.3 is 9.91 Å². The zero-order chi connectivity index (χ0) is 7.30. The predicted octanol–water partition coefficient (Wildman–Crippen LogP) is 0.108. The summed E-state index contributed by atoms with van der Waals surface area (Å²) in [6.07, 6.45) is 4.00. The van der Waals surface area contributed by atoms with Gasteiger partial charge in [-0.05, 0) is 13.8 Å². The van der Waals surface area contributed by atoms with E-state index >= 15 is 0 Å². The van der Waals surface area contributed by atoms with Crippen LogP contribution in [-0.2, 0) is 0 Å². The van der Waals surface area contributed by atoms with Crippen molar-refractivity contribution in [2.24, 2.45) is 5.84 Å². The first-order chi connectivity index (χ1) is 4.72. The Morgan fingerprint density at radius 3 is 2.10 bits per heavy atom. The highest BCUT2D eigenvalue weighted by atomic mass is 15.5. The van der Waals surface area contributed by atoms with Gasteiger partial charge in [0.15, 0.2) is 0 Å². The van der Waals surface area contributed by atoms with E-state index in [9.17, 15) is 0 Å². The van der Waals surface area contributed by atoms with Gasteiger partial charge in [0.2, 0.25) is 0 Å². The van der Waals surface area contributed by atoms with Crippen LogP contribution in [0.2, 0.25) is 0 Å². The number of hydrazine groups is 1. The molecule has 0 spiro atoms. The normalized spacial score (nSPS) is 43.7. The summed E-state index contributed by atoms with van der Waals surface area (Å²) in [5, 5.41) is 1.81. The van der Waals surface area contributed by atoms with E-state index in [0.29, 0.717) is 18.1 Å². The van der Waals surface area contributed by atoms with Crippen LogP contribution in [0.5, 0.6) is 0 Å². The van der Waals surface area contributed by atoms with E-state index in [2.05, 4.69) is 24.9 Å². The Morgan fingerprint density at radius 2 is 1.80 bits per heavy atom. The van der Waals surface area contributed by atoms with Crippen LogP contribution in [0, 0.1) is 0 Å². The van der Waals surface area contributed by atoms with Gasteiger partial charge in [0.1, 0.15) is 0 Å². The highest BCUT2D eigenvalue weighted by Crippen LogP contribution is 2.32. The number of nitrogens with two attached hydrogens (primary N) is 1. The fourth-order valence-corrected chi connectivity index (χ4v) is 2.05. The highest BCUT2D eigenvalue weighted by Gasteiger charge is 2.45. The Morgan fingerprint density at radius 1 is 1.20 bits per heavy atom. The number of rotatable bonds is 0. The highest BCUT2D eigenvalue weighted by molar-refractivity contribution is 5.12. The quantitative estimate of drug-likeness (QED) is 0.483. The van der Waals surface area contributed by atoms with Crippen LogP contribution in [-0.4, -0.2) is 28.0 Å². The summed E-state index contributed by atoms with van der Waals surface area (Å²) >= 11 is 0. The van der Waals surface area contributed by atoms with E-state index < -0.39 is 0 Å². The van der Waals surface area contributed by atoms with Gasteiger partial charge in [-0.15, -0.1) is 0 Å². The van der Waals surface area contributed by atoms with Gasteiger partial charge in [-0.25, -0.2) is 5.84 Å². The van der Waals surface area contributed by atoms with E-state index in [-0.39, 0.29) is 0 Å². The molecule has 10 heavy (non-hydrogen) atoms. The number of hydrogen-bond acceptors (Lipinski definition) is 3. The number of fused-ring (bicyclic) bond motifs is 1. The van der Waals surface area contributed by atoms with Gasteiger partial charge in [-0.3, -0.25) is 0 Å². The van der Waals surface area contributed by atoms with E-state index in [1.807, 2.05) is 11.2 Å². The van der Waals surface area contributed by atoms with Crippen molar-refractivity contribution >= 4 is 0 Å². The first-order valence-electron chi connectivity index (χ1n) is 3.70. The van der Waals surface area contributed by atoms with E-state index in [0.717, 1.165) is 0 Å². The van der Waals surface area contributed by atoms with Gasteiger partial charge in [0.05, 0.1) is 6.04 Å². The molecule has 1 fully saturated rings. The van der Waals surface area contributed by atoms with Gasteiger partial charge in [0, 0.05) is 24.5 Å². The van der Waals surface area contributed by atoms with Gasteiger partial charge >= 0.3 is 0 Å². The monoisotopic (exact) mass is 139 g/mol. The molecule has 56 valence electrons. The van der Waals surface area contributed by atoms with Crippen molar-refractivity contribution in [1.29, 1.82) is 0 Å². The molecule has 3 heteroatoms. The van der Waals surface area contributed by atoms with Crippen molar-refractivity contribution in [1.82, 2.24) is 9.91 Å². The lowest BCUT2D eigenvalue weighted by Gasteiger charge is -2.58. The minimum Gasteiger partial charge on any atom is -0.366 e. The molecule has 2 atom stereocenters. The molecule has 0 saturated carbocycles. The van der Waals surface area contributed by atoms with Crippen molar-refractivity contribution in [2.75, 3.05) is 0 Å². The summed E-state index contributed by atoms with van der Waals surface area (Å²) in [6, 6.07) is 1.74. The van der Waals surface area contributed by atoms with E-state index in [1.54, 1.807) is 0 Å². The maximum atomic E-state index is 5.72. The third kappa shape index (κ3) is 0.491. The Kier molecular flexibility index (Phi) is 1.01. The summed E-state index contributed by atoms with van der Waals surface area (Å²) in [7, 11) is 0. The van der Waals surface area contributed by atoms with Gasteiger partial charge in [-0.2, -0.15) is 0 Å². The average molecular weight is 139 g/mol. The lowest BCUT2D eigenvalue weighted by Crippen LogP contribution is -2.72. The van der Waals surface area contributed by atoms with Crippen molar-refractivity contribution in [2.45, 2.75) is 32.0 Å². The molecular weight excluding hydrogens is 126 g/mol. The lowest BCUT2D eigenvalue weighted by molar-refractivity contribution is -0.0404. The Balaban J connectivity index is 2.24. The molecule has 3 rings (SSSR count). The lowest BCUT2D eigenvalue weighted by atomic mass is 9.87. The standard InChI is InChI=1S/C7H13N3/c1-5-7-6(2)9(5)3-4-10(7)8/h3-7H,8H2,1-2H3. The Bertz CT molecular complexity index is 168. The largest absolute Gasteiger partial charge is 0.366 e. The third-order valence-corrected chi connectivity index (χ3v) is 2.68. The van der Waals surface area contributed by atoms with E-state index in [1.165, 1.54) is 0 Å². The molecule has 3 nitrogen and oxygen atoms in total. The Labute approximate surface area is 61.1 Å². The molecule has 2 unspecified atom stereocenters. The van der Waals surface area contributed by atoms with Crippen LogP contribution in [0.4, 0.5) is 0 Å². The second-order valence-corrected chi connectivity index (χ2v) is 3.16. The van der Waals surface area contributed by atoms with Crippen molar-refractivity contribution in [3.05, 3.63) is 12.4 Å². The summed E-state index contributed by atoms with van der Waals surface area (Å²) < 4.78 is 0. The maximum Gasteiger partial charge on any atom is 0.0846 e. The van der Waals surface area contributed by atoms with Gasteiger partial charge in [0.25, 0.3) is 0 Å². The van der Waals surface area contributed by atoms with Crippen LogP contribution in [0.15, 0.2) is 12.4 Å². The van der Waals surface area contributed by atoms with Crippen molar-refractivity contribution in [3.63, 3.8) is 0 Å². The first-order valence-corrected chi connectivity index (χ1v) is 3.70. The molecule has 2 N–H and O–H groups in total. The smallest absolute Gasteiger partial charge is 0.0846 e. The predicted molar refractivity (Wildman–Crippen MR) is 39.7 cm³/mol. The molecule has 0 aliphatic carbocycles. The zero-order valence-electron chi connectivity index (χ0n) is 6.36. The fourth-order valence-electron chi connectivity index (χ4n) is 2.05. The summed E-state index contributed by atoms with van der Waals surface area (Å²) in [5.41, 5.74) is 0. The molecule has 0 aromatic carbocycles. The summed E-state index contributed by atoms with van der Waals surface area (Å²) in [5.74, 6) is 5.72. The van der Waals surface area contributed by atoms with E-state index in [4.69, 9.17) is 5.84 Å². The summed E-state index contributed by atoms with van der Waals surface area (Å²) in [6.45, 7) is 4.40. The minimum absolute atomic E-state index is 0.532. The molecule has 1 saturated heterocycles. The second kappa shape index (κ2) is 1.66. The molecule has 3 aliphatic heterocycles. The van der Waals surface area contributed by atoms with Crippen LogP contribution in [0.25, 0.3) is 0 Å². The Hall–Kier alpha value is -0.700. The topological polar surface area (TPSA) is 32.5 Å². The van der Waals surface area contributed by atoms with Gasteiger partial charge in [-0.1, -0.05) is 0 Å². The zero-order valence-corrected chi connectivity index (χ0v) is 6.36. The third-order valence-electron chi connectivity index (χ3n) is 2.68. The maximum absolute atomic E-state index is 5.72. The molecule has 3 aliphatic rings. The molecule has 0 aromatic rings. The first kappa shape index (κ1) is 6.04. The number of nitrogens with zero attached hydrogens (tertiary/aromatic N) is 2. The second-order valence-electron chi connectivity index (χ2n) is 3.16. The minimum atomic E-state index is 0.532. The molecular formula is C7H13N3. The molecule has 0 radical (unpaired) electrons. The van der Waals surface area contributed by atoms with Crippen LogP contribution < -0.4 is 5.84 Å².